The van der Waals surface area contributed by atoms with Crippen molar-refractivity contribution in [1.82, 2.24) is 10.0 Å². The first kappa shape index (κ1) is 16.1. The highest BCUT2D eigenvalue weighted by molar-refractivity contribution is 7.89. The largest absolute Gasteiger partial charge is 0.383 e. The molecule has 0 amide bonds. The van der Waals surface area contributed by atoms with Crippen molar-refractivity contribution in [2.24, 2.45) is 0 Å². The van der Waals surface area contributed by atoms with Crippen molar-refractivity contribution >= 4 is 10.0 Å². The van der Waals surface area contributed by atoms with Gasteiger partial charge in [0.1, 0.15) is 0 Å². The van der Waals surface area contributed by atoms with E-state index in [0.29, 0.717) is 18.0 Å². The van der Waals surface area contributed by atoms with Gasteiger partial charge in [0.05, 0.1) is 11.5 Å². The molecule has 0 aliphatic rings. The number of ether oxygens (including phenoxy) is 1. The van der Waals surface area contributed by atoms with Crippen LogP contribution in [-0.4, -0.2) is 35.7 Å². The third kappa shape index (κ3) is 4.58. The fraction of sp³-hybridized carbons (Fsp3) is 0.538. The van der Waals surface area contributed by atoms with Gasteiger partial charge >= 0.3 is 0 Å². The minimum absolute atomic E-state index is 0.274. The van der Waals surface area contributed by atoms with Gasteiger partial charge in [0, 0.05) is 20.2 Å². The van der Waals surface area contributed by atoms with Crippen LogP contribution in [0.25, 0.3) is 0 Å². The third-order valence-electron chi connectivity index (χ3n) is 2.83. The fourth-order valence-corrected chi connectivity index (χ4v) is 2.89. The van der Waals surface area contributed by atoms with Gasteiger partial charge in [0.2, 0.25) is 10.0 Å². The van der Waals surface area contributed by atoms with Crippen LogP contribution in [0, 0.1) is 0 Å². The normalized spacial score (nSPS) is 11.7. The molecule has 0 unspecified atom stereocenters. The number of hydrogen-bond donors (Lipinski definition) is 2. The smallest absolute Gasteiger partial charge is 0.240 e. The maximum atomic E-state index is 12.1. The average Bonchev–Trinajstić information content (AvgIpc) is 2.39. The monoisotopic (exact) mass is 286 g/mol. The highest BCUT2D eigenvalue weighted by atomic mass is 32.2. The molecule has 0 bridgehead atoms. The molecule has 0 atom stereocenters. The lowest BCUT2D eigenvalue weighted by molar-refractivity contribution is 0.204. The van der Waals surface area contributed by atoms with E-state index in [1.807, 2.05) is 13.1 Å². The van der Waals surface area contributed by atoms with Gasteiger partial charge in [-0.2, -0.15) is 0 Å². The van der Waals surface area contributed by atoms with E-state index in [1.54, 1.807) is 12.1 Å². The maximum Gasteiger partial charge on any atom is 0.240 e. The van der Waals surface area contributed by atoms with Crippen LogP contribution in [0.3, 0.4) is 0 Å². The second-order valence-electron chi connectivity index (χ2n) is 4.20. The Hall–Kier alpha value is -0.950. The van der Waals surface area contributed by atoms with Crippen LogP contribution < -0.4 is 10.0 Å². The Morgan fingerprint density at radius 1 is 1.26 bits per heavy atom. The molecular formula is C13H22N2O3S. The number of benzene rings is 1. The molecule has 19 heavy (non-hydrogen) atoms. The van der Waals surface area contributed by atoms with Gasteiger partial charge in [0.15, 0.2) is 0 Å². The lowest BCUT2D eigenvalue weighted by atomic mass is 10.1. The molecule has 0 radical (unpaired) electrons. The molecule has 1 aromatic carbocycles. The van der Waals surface area contributed by atoms with Gasteiger partial charge in [-0.25, -0.2) is 13.1 Å². The molecule has 0 aromatic heterocycles. The molecule has 1 rings (SSSR count). The maximum absolute atomic E-state index is 12.1. The van der Waals surface area contributed by atoms with Crippen LogP contribution in [0.4, 0.5) is 0 Å². The predicted molar refractivity (Wildman–Crippen MR) is 75.6 cm³/mol. The summed E-state index contributed by atoms with van der Waals surface area (Å²) in [5.74, 6) is 0. The lowest BCUT2D eigenvalue weighted by Crippen LogP contribution is -2.27. The first-order valence-corrected chi connectivity index (χ1v) is 7.78. The summed E-state index contributed by atoms with van der Waals surface area (Å²) in [6, 6.07) is 5.25. The molecule has 5 nitrogen and oxygen atoms in total. The Bertz CT molecular complexity index is 501. The summed E-state index contributed by atoms with van der Waals surface area (Å²) in [7, 11) is -0.0743. The van der Waals surface area contributed by atoms with Gasteiger partial charge in [-0.3, -0.25) is 0 Å². The molecule has 0 saturated carbocycles. The lowest BCUT2D eigenvalue weighted by Gasteiger charge is -2.11. The second-order valence-corrected chi connectivity index (χ2v) is 5.97. The van der Waals surface area contributed by atoms with Crippen molar-refractivity contribution in [3.63, 3.8) is 0 Å². The fourth-order valence-electron chi connectivity index (χ4n) is 1.83. The summed E-state index contributed by atoms with van der Waals surface area (Å²) in [6.45, 7) is 3.34. The van der Waals surface area contributed by atoms with Gasteiger partial charge in [-0.05, 0) is 36.7 Å². The number of hydrogen-bond acceptors (Lipinski definition) is 4. The Balaban J connectivity index is 2.97. The van der Waals surface area contributed by atoms with Crippen molar-refractivity contribution in [1.29, 1.82) is 0 Å². The molecule has 0 spiro atoms. The summed E-state index contributed by atoms with van der Waals surface area (Å²) in [5, 5.41) is 3.05. The molecule has 0 fully saturated rings. The van der Waals surface area contributed by atoms with Crippen LogP contribution in [0.2, 0.25) is 0 Å². The highest BCUT2D eigenvalue weighted by Crippen LogP contribution is 2.16. The number of aryl methyl sites for hydroxylation is 1. The van der Waals surface area contributed by atoms with Crippen molar-refractivity contribution in [3.8, 4) is 0 Å². The number of sulfonamides is 1. The van der Waals surface area contributed by atoms with Crippen molar-refractivity contribution < 1.29 is 13.2 Å². The first-order valence-electron chi connectivity index (χ1n) is 6.30. The third-order valence-corrected chi connectivity index (χ3v) is 4.29. The van der Waals surface area contributed by atoms with E-state index in [2.05, 4.69) is 17.0 Å². The summed E-state index contributed by atoms with van der Waals surface area (Å²) in [4.78, 5) is 0.297. The van der Waals surface area contributed by atoms with Crippen LogP contribution >= 0.6 is 0 Å². The molecular weight excluding hydrogens is 264 g/mol. The van der Waals surface area contributed by atoms with Crippen molar-refractivity contribution in [2.45, 2.75) is 24.8 Å². The van der Waals surface area contributed by atoms with Crippen LogP contribution in [0.5, 0.6) is 0 Å². The summed E-state index contributed by atoms with van der Waals surface area (Å²) in [6.07, 6.45) is 0.883. The average molecular weight is 286 g/mol. The quantitative estimate of drug-likeness (QED) is 0.697. The zero-order valence-electron chi connectivity index (χ0n) is 11.7. The second kappa shape index (κ2) is 7.59. The Labute approximate surface area is 115 Å². The van der Waals surface area contributed by atoms with Gasteiger partial charge < -0.3 is 10.1 Å². The van der Waals surface area contributed by atoms with E-state index in [1.165, 1.54) is 7.11 Å². The van der Waals surface area contributed by atoms with Gasteiger partial charge in [0.25, 0.3) is 0 Å². The standard InChI is InChI=1S/C13H22N2O3S/c1-4-11-5-6-13(9-12(11)10-14-2)19(16,17)15-7-8-18-3/h5-6,9,14-15H,4,7-8,10H2,1-3H3. The molecule has 0 heterocycles. The molecule has 0 aliphatic carbocycles. The number of rotatable bonds is 8. The predicted octanol–water partition coefficient (Wildman–Crippen LogP) is 0.893. The number of methoxy groups -OCH3 is 1. The molecule has 2 N–H and O–H groups in total. The van der Waals surface area contributed by atoms with E-state index in [0.717, 1.165) is 17.5 Å². The van der Waals surface area contributed by atoms with Crippen LogP contribution in [0.15, 0.2) is 23.1 Å². The van der Waals surface area contributed by atoms with E-state index >= 15 is 0 Å². The van der Waals surface area contributed by atoms with Crippen molar-refractivity contribution in [3.05, 3.63) is 29.3 Å². The van der Waals surface area contributed by atoms with Crippen LogP contribution in [-0.2, 0) is 27.7 Å². The van der Waals surface area contributed by atoms with Gasteiger partial charge in [-0.15, -0.1) is 0 Å². The minimum Gasteiger partial charge on any atom is -0.383 e. The topological polar surface area (TPSA) is 67.4 Å². The zero-order chi connectivity index (χ0) is 14.3. The molecule has 6 heteroatoms. The van der Waals surface area contributed by atoms with Gasteiger partial charge in [-0.1, -0.05) is 13.0 Å². The Morgan fingerprint density at radius 3 is 2.58 bits per heavy atom. The van der Waals surface area contributed by atoms with E-state index in [-0.39, 0.29) is 6.54 Å². The SMILES string of the molecule is CCc1ccc(S(=O)(=O)NCCOC)cc1CNC. The summed E-state index contributed by atoms with van der Waals surface area (Å²) < 4.78 is 31.5. The molecule has 1 aromatic rings. The molecule has 0 aliphatic heterocycles. The highest BCUT2D eigenvalue weighted by Gasteiger charge is 2.14. The number of nitrogens with one attached hydrogen (secondary N) is 2. The molecule has 108 valence electrons. The summed E-state index contributed by atoms with van der Waals surface area (Å²) >= 11 is 0. The first-order chi connectivity index (χ1) is 9.05. The van der Waals surface area contributed by atoms with E-state index in [9.17, 15) is 8.42 Å². The van der Waals surface area contributed by atoms with E-state index in [4.69, 9.17) is 4.74 Å². The van der Waals surface area contributed by atoms with E-state index < -0.39 is 10.0 Å². The van der Waals surface area contributed by atoms with Crippen LogP contribution in [0.1, 0.15) is 18.1 Å². The Kier molecular flexibility index (Phi) is 6.44. The minimum atomic E-state index is -3.46. The molecule has 0 saturated heterocycles. The zero-order valence-corrected chi connectivity index (χ0v) is 12.5. The summed E-state index contributed by atoms with van der Waals surface area (Å²) in [5.41, 5.74) is 2.17. The Morgan fingerprint density at radius 2 is 2.00 bits per heavy atom. The van der Waals surface area contributed by atoms with Crippen molar-refractivity contribution in [2.75, 3.05) is 27.3 Å².